The van der Waals surface area contributed by atoms with Gasteiger partial charge >= 0.3 is 5.97 Å². The van der Waals surface area contributed by atoms with Crippen LogP contribution in [0.2, 0.25) is 0 Å². The number of nitrogens with zero attached hydrogens (tertiary/aromatic N) is 2. The summed E-state index contributed by atoms with van der Waals surface area (Å²) in [6.45, 7) is 7.60. The summed E-state index contributed by atoms with van der Waals surface area (Å²) in [6.07, 6.45) is 6.70. The molecule has 4 aromatic carbocycles. The van der Waals surface area contributed by atoms with Crippen LogP contribution in [-0.4, -0.2) is 69.2 Å². The number of hydrogen-bond acceptors (Lipinski definition) is 10. The predicted octanol–water partition coefficient (Wildman–Crippen LogP) is 8.89. The number of aromatic nitrogens is 2. The molecule has 340 valence electrons. The average Bonchev–Trinajstić information content (AvgIpc) is 4.18. The number of carboxylic acids is 1. The molecule has 0 radical (unpaired) electrons. The highest BCUT2D eigenvalue weighted by molar-refractivity contribution is 7.14. The molecule has 2 fully saturated rings. The molecule has 2 saturated carbocycles. The van der Waals surface area contributed by atoms with Crippen molar-refractivity contribution in [3.8, 4) is 22.3 Å². The summed E-state index contributed by atoms with van der Waals surface area (Å²) in [7, 11) is 0. The number of carboxylic acid groups (broad SMARTS) is 1. The first kappa shape index (κ1) is 46.8. The van der Waals surface area contributed by atoms with Crippen molar-refractivity contribution in [2.24, 2.45) is 5.92 Å². The number of halogens is 2. The molecule has 2 aromatic heterocycles. The SMILES string of the molecule is Cc1c(F)cc(C(=O)NC2CC2)cc1-c1ccc(C(=O)NCC(C)C)cc1C(=O)Nc1nccs1.Cc1c(F)cc(C(=O)NC2CC2)cc1-c1ccc(C(=O)O)cc1C(=O)Nc1nccs1. The minimum absolute atomic E-state index is 0.0392. The summed E-state index contributed by atoms with van der Waals surface area (Å²) in [4.78, 5) is 83.5. The number of amides is 5. The summed E-state index contributed by atoms with van der Waals surface area (Å²) >= 11 is 2.47. The smallest absolute Gasteiger partial charge is 0.335 e. The molecule has 14 nitrogen and oxygen atoms in total. The van der Waals surface area contributed by atoms with Crippen molar-refractivity contribution < 1.29 is 42.7 Å². The average molecular weight is 934 g/mol. The molecule has 18 heteroatoms. The van der Waals surface area contributed by atoms with Crippen LogP contribution < -0.4 is 26.6 Å². The molecule has 8 rings (SSSR count). The van der Waals surface area contributed by atoms with E-state index < -0.39 is 35.3 Å². The quantitative estimate of drug-likeness (QED) is 0.0616. The highest BCUT2D eigenvalue weighted by Crippen LogP contribution is 2.34. The van der Waals surface area contributed by atoms with Gasteiger partial charge in [-0.25, -0.2) is 23.5 Å². The van der Waals surface area contributed by atoms with E-state index in [4.69, 9.17) is 0 Å². The second-order valence-corrected chi connectivity index (χ2v) is 18.1. The highest BCUT2D eigenvalue weighted by Gasteiger charge is 2.28. The molecular weight excluding hydrogens is 889 g/mol. The Labute approximate surface area is 386 Å². The van der Waals surface area contributed by atoms with Crippen molar-refractivity contribution in [1.82, 2.24) is 25.9 Å². The summed E-state index contributed by atoms with van der Waals surface area (Å²) in [6, 6.07) is 14.4. The predicted molar refractivity (Wildman–Crippen MR) is 248 cm³/mol. The highest BCUT2D eigenvalue weighted by atomic mass is 32.1. The molecule has 2 aliphatic rings. The first-order valence-corrected chi connectivity index (χ1v) is 22.8. The summed E-state index contributed by atoms with van der Waals surface area (Å²) in [5, 5.41) is 27.4. The van der Waals surface area contributed by atoms with Crippen LogP contribution in [0, 0.1) is 31.4 Å². The molecule has 2 aliphatic carbocycles. The zero-order chi connectivity index (χ0) is 47.2. The maximum absolute atomic E-state index is 14.9. The van der Waals surface area contributed by atoms with Crippen molar-refractivity contribution in [2.45, 2.75) is 65.5 Å². The van der Waals surface area contributed by atoms with Gasteiger partial charge < -0.3 is 21.1 Å². The maximum atomic E-state index is 14.9. The van der Waals surface area contributed by atoms with Crippen LogP contribution in [0.1, 0.15) is 113 Å². The van der Waals surface area contributed by atoms with Gasteiger partial charge in [-0.2, -0.15) is 0 Å². The third kappa shape index (κ3) is 11.5. The van der Waals surface area contributed by atoms with Gasteiger partial charge in [-0.3, -0.25) is 34.6 Å². The Morgan fingerprint density at radius 3 is 1.44 bits per heavy atom. The fraction of sp³-hybridized carbons (Fsp3) is 0.250. The number of hydrogen-bond donors (Lipinski definition) is 6. The Bertz CT molecular complexity index is 2840. The summed E-state index contributed by atoms with van der Waals surface area (Å²) < 4.78 is 29.6. The van der Waals surface area contributed by atoms with E-state index in [2.05, 4.69) is 36.6 Å². The van der Waals surface area contributed by atoms with Crippen LogP contribution in [0.3, 0.4) is 0 Å². The number of nitrogens with one attached hydrogen (secondary N) is 5. The molecule has 2 heterocycles. The normalized spacial score (nSPS) is 13.0. The van der Waals surface area contributed by atoms with Crippen molar-refractivity contribution in [1.29, 1.82) is 0 Å². The van der Waals surface area contributed by atoms with E-state index >= 15 is 0 Å². The Kier molecular flexibility index (Phi) is 14.4. The molecule has 0 unspecified atom stereocenters. The molecule has 66 heavy (non-hydrogen) atoms. The molecule has 0 saturated heterocycles. The molecule has 0 atom stereocenters. The first-order chi connectivity index (χ1) is 31.6. The van der Waals surface area contributed by atoms with E-state index in [9.17, 15) is 42.7 Å². The van der Waals surface area contributed by atoms with Gasteiger partial charge in [0.1, 0.15) is 11.6 Å². The molecule has 5 amide bonds. The third-order valence-corrected chi connectivity index (χ3v) is 12.0. The maximum Gasteiger partial charge on any atom is 0.335 e. The molecule has 0 spiro atoms. The van der Waals surface area contributed by atoms with Gasteiger partial charge in [0.15, 0.2) is 10.3 Å². The lowest BCUT2D eigenvalue weighted by molar-refractivity contribution is 0.0695. The minimum Gasteiger partial charge on any atom is -0.478 e. The molecule has 6 aromatic rings. The number of carbonyl (C=O) groups is 6. The fourth-order valence-electron chi connectivity index (χ4n) is 6.68. The van der Waals surface area contributed by atoms with Crippen LogP contribution >= 0.6 is 22.7 Å². The lowest BCUT2D eigenvalue weighted by atomic mass is 9.92. The second-order valence-electron chi connectivity index (χ2n) is 16.3. The largest absolute Gasteiger partial charge is 0.478 e. The molecular formula is C48H45F2N7O7S2. The number of carbonyl (C=O) groups excluding carboxylic acids is 5. The number of anilines is 2. The number of rotatable bonds is 14. The zero-order valence-corrected chi connectivity index (χ0v) is 37.8. The van der Waals surface area contributed by atoms with E-state index in [1.54, 1.807) is 49.0 Å². The third-order valence-electron chi connectivity index (χ3n) is 10.6. The first-order valence-electron chi connectivity index (χ1n) is 21.0. The van der Waals surface area contributed by atoms with Crippen LogP contribution in [0.5, 0.6) is 0 Å². The van der Waals surface area contributed by atoms with E-state index in [-0.39, 0.29) is 63.2 Å². The Hall–Kier alpha value is -7.18. The van der Waals surface area contributed by atoms with Crippen LogP contribution in [0.25, 0.3) is 22.3 Å². The van der Waals surface area contributed by atoms with Crippen molar-refractivity contribution in [2.75, 3.05) is 17.2 Å². The fourth-order valence-corrected chi connectivity index (χ4v) is 7.73. The van der Waals surface area contributed by atoms with Gasteiger partial charge in [0.2, 0.25) is 0 Å². The standard InChI is InChI=1S/C26H27FN4O3S.C22H18FN3O4S/c1-14(2)13-29-23(32)16-4-7-19(21(10-16)25(34)31-26-28-8-9-35-26)20-11-17(12-22(27)15(20)3)24(33)30-18-5-6-18;1-11-16(9-13(10-18(11)23)19(27)25-14-3-4-14)15-5-2-12(21(29)30)8-17(15)20(28)26-22-24-6-7-31-22/h4,7-12,14,18H,5-6,13H2,1-3H3,(H,29,32)(H,30,33)(H,28,31,34);2,5-10,14H,3-4H2,1H3,(H,25,27)(H,29,30)(H,24,26,28). The molecule has 0 aliphatic heterocycles. The molecule has 0 bridgehead atoms. The lowest BCUT2D eigenvalue weighted by Gasteiger charge is -2.16. The van der Waals surface area contributed by atoms with Gasteiger partial charge in [-0.15, -0.1) is 22.7 Å². The molecule has 6 N–H and O–H groups in total. The van der Waals surface area contributed by atoms with Crippen LogP contribution in [0.15, 0.2) is 83.8 Å². The number of thiazole rings is 2. The van der Waals surface area contributed by atoms with Crippen molar-refractivity contribution >= 4 is 68.4 Å². The van der Waals surface area contributed by atoms with E-state index in [1.165, 1.54) is 65.3 Å². The Morgan fingerprint density at radius 2 is 1.05 bits per heavy atom. The second kappa shape index (κ2) is 20.3. The summed E-state index contributed by atoms with van der Waals surface area (Å²) in [5.41, 5.74) is 2.77. The van der Waals surface area contributed by atoms with E-state index in [1.807, 2.05) is 13.8 Å². The van der Waals surface area contributed by atoms with E-state index in [0.29, 0.717) is 50.2 Å². The van der Waals surface area contributed by atoms with Gasteiger partial charge in [0, 0.05) is 69.6 Å². The van der Waals surface area contributed by atoms with Gasteiger partial charge in [-0.1, -0.05) is 26.0 Å². The van der Waals surface area contributed by atoms with Gasteiger partial charge in [0.05, 0.1) is 5.56 Å². The van der Waals surface area contributed by atoms with Crippen molar-refractivity contribution in [3.63, 3.8) is 0 Å². The minimum atomic E-state index is -1.20. The number of benzene rings is 4. The van der Waals surface area contributed by atoms with Crippen LogP contribution in [0.4, 0.5) is 19.0 Å². The number of aromatic carboxylic acids is 1. The Morgan fingerprint density at radius 1 is 0.606 bits per heavy atom. The monoisotopic (exact) mass is 933 g/mol. The van der Waals surface area contributed by atoms with Gasteiger partial charge in [0.25, 0.3) is 29.5 Å². The lowest BCUT2D eigenvalue weighted by Crippen LogP contribution is -2.27. The topological polar surface area (TPSA) is 209 Å². The van der Waals surface area contributed by atoms with E-state index in [0.717, 1.165) is 31.7 Å². The van der Waals surface area contributed by atoms with Gasteiger partial charge in [-0.05, 0) is 127 Å². The zero-order valence-electron chi connectivity index (χ0n) is 36.2. The summed E-state index contributed by atoms with van der Waals surface area (Å²) in [5.74, 6) is -4.20. The van der Waals surface area contributed by atoms with Crippen LogP contribution in [-0.2, 0) is 0 Å². The Balaban J connectivity index is 0.000000198. The van der Waals surface area contributed by atoms with Crippen molar-refractivity contribution in [3.05, 3.63) is 140 Å².